The Morgan fingerprint density at radius 2 is 2.08 bits per heavy atom. The molecule has 2 heteroatoms. The fourth-order valence-corrected chi connectivity index (χ4v) is 1.71. The van der Waals surface area contributed by atoms with E-state index >= 15 is 0 Å². The van der Waals surface area contributed by atoms with Gasteiger partial charge < -0.3 is 10.1 Å². The molecule has 2 rings (SSSR count). The number of rotatable bonds is 4. The highest BCUT2D eigenvalue weighted by Gasteiger charge is 2.38. The lowest BCUT2D eigenvalue weighted by atomic mass is 9.89. The van der Waals surface area contributed by atoms with E-state index in [0.717, 1.165) is 6.04 Å². The van der Waals surface area contributed by atoms with Gasteiger partial charge in [-0.05, 0) is 31.1 Å². The predicted molar refractivity (Wildman–Crippen MR) is 49.2 cm³/mol. The number of nitrogens with one attached hydrogen (secondary N) is 1. The summed E-state index contributed by atoms with van der Waals surface area (Å²) in [5.41, 5.74) is 0.651. The topological polar surface area (TPSA) is 21.3 Å². The van der Waals surface area contributed by atoms with Crippen molar-refractivity contribution >= 4 is 0 Å². The summed E-state index contributed by atoms with van der Waals surface area (Å²) in [6.45, 7) is 3.58. The average molecular weight is 169 g/mol. The standard InChI is InChI=1S/C10H19NO/c1-10(3-4-10)7-11-8-5-9(6-8)12-2/h8-9,11H,3-7H2,1-2H3. The summed E-state index contributed by atoms with van der Waals surface area (Å²) in [5.74, 6) is 0. The monoisotopic (exact) mass is 169 g/mol. The Kier molecular flexibility index (Phi) is 2.13. The Morgan fingerprint density at radius 1 is 1.42 bits per heavy atom. The van der Waals surface area contributed by atoms with E-state index in [1.54, 1.807) is 0 Å². The van der Waals surface area contributed by atoms with Crippen LogP contribution in [0.4, 0.5) is 0 Å². The van der Waals surface area contributed by atoms with Crippen LogP contribution >= 0.6 is 0 Å². The minimum Gasteiger partial charge on any atom is -0.381 e. The fourth-order valence-electron chi connectivity index (χ4n) is 1.71. The van der Waals surface area contributed by atoms with Crippen LogP contribution in [0.3, 0.4) is 0 Å². The summed E-state index contributed by atoms with van der Waals surface area (Å²) < 4.78 is 5.22. The van der Waals surface area contributed by atoms with E-state index in [4.69, 9.17) is 4.74 Å². The number of hydrogen-bond donors (Lipinski definition) is 1. The Balaban J connectivity index is 1.58. The van der Waals surface area contributed by atoms with Crippen molar-refractivity contribution in [1.82, 2.24) is 5.32 Å². The Hall–Kier alpha value is -0.0800. The van der Waals surface area contributed by atoms with Crippen molar-refractivity contribution in [2.24, 2.45) is 5.41 Å². The van der Waals surface area contributed by atoms with Crippen molar-refractivity contribution in [2.75, 3.05) is 13.7 Å². The molecule has 0 unspecified atom stereocenters. The van der Waals surface area contributed by atoms with Gasteiger partial charge in [-0.3, -0.25) is 0 Å². The molecule has 2 aliphatic rings. The van der Waals surface area contributed by atoms with Gasteiger partial charge in [0.1, 0.15) is 0 Å². The maximum absolute atomic E-state index is 5.22. The first-order valence-corrected chi connectivity index (χ1v) is 4.98. The van der Waals surface area contributed by atoms with Crippen LogP contribution in [0.5, 0.6) is 0 Å². The smallest absolute Gasteiger partial charge is 0.0601 e. The van der Waals surface area contributed by atoms with Crippen molar-refractivity contribution in [3.05, 3.63) is 0 Å². The molecule has 0 aromatic rings. The number of hydrogen-bond acceptors (Lipinski definition) is 2. The zero-order chi connectivity index (χ0) is 8.60. The van der Waals surface area contributed by atoms with Crippen LogP contribution in [0.25, 0.3) is 0 Å². The van der Waals surface area contributed by atoms with E-state index < -0.39 is 0 Å². The normalized spacial score (nSPS) is 37.5. The van der Waals surface area contributed by atoms with E-state index in [1.807, 2.05) is 7.11 Å². The van der Waals surface area contributed by atoms with E-state index in [1.165, 1.54) is 32.2 Å². The molecular weight excluding hydrogens is 150 g/mol. The van der Waals surface area contributed by atoms with Gasteiger partial charge in [0.15, 0.2) is 0 Å². The van der Waals surface area contributed by atoms with Crippen molar-refractivity contribution < 1.29 is 4.74 Å². The summed E-state index contributed by atoms with van der Waals surface area (Å²) in [7, 11) is 1.81. The van der Waals surface area contributed by atoms with Crippen LogP contribution < -0.4 is 5.32 Å². The van der Waals surface area contributed by atoms with Crippen LogP contribution in [0.15, 0.2) is 0 Å². The second-order valence-corrected chi connectivity index (χ2v) is 4.72. The summed E-state index contributed by atoms with van der Waals surface area (Å²) in [4.78, 5) is 0. The van der Waals surface area contributed by atoms with Gasteiger partial charge in [-0.15, -0.1) is 0 Å². The molecule has 0 aromatic carbocycles. The quantitative estimate of drug-likeness (QED) is 0.689. The third kappa shape index (κ3) is 1.80. The Bertz CT molecular complexity index is 159. The van der Waals surface area contributed by atoms with E-state index in [-0.39, 0.29) is 0 Å². The fraction of sp³-hybridized carbons (Fsp3) is 1.00. The van der Waals surface area contributed by atoms with Crippen molar-refractivity contribution in [2.45, 2.75) is 44.8 Å². The molecule has 0 spiro atoms. The van der Waals surface area contributed by atoms with Crippen molar-refractivity contribution in [3.63, 3.8) is 0 Å². The highest BCUT2D eigenvalue weighted by atomic mass is 16.5. The maximum Gasteiger partial charge on any atom is 0.0601 e. The van der Waals surface area contributed by atoms with Crippen molar-refractivity contribution in [1.29, 1.82) is 0 Å². The Labute approximate surface area is 74.7 Å². The molecule has 2 aliphatic carbocycles. The Morgan fingerprint density at radius 3 is 2.58 bits per heavy atom. The van der Waals surface area contributed by atoms with Gasteiger partial charge in [0.25, 0.3) is 0 Å². The SMILES string of the molecule is COC1CC(NCC2(C)CC2)C1. The van der Waals surface area contributed by atoms with Gasteiger partial charge in [0, 0.05) is 19.7 Å². The van der Waals surface area contributed by atoms with Gasteiger partial charge in [-0.25, -0.2) is 0 Å². The highest BCUT2D eigenvalue weighted by molar-refractivity contribution is 4.94. The lowest BCUT2D eigenvalue weighted by molar-refractivity contribution is 0.0163. The molecule has 0 aliphatic heterocycles. The molecule has 70 valence electrons. The summed E-state index contributed by atoms with van der Waals surface area (Å²) >= 11 is 0. The summed E-state index contributed by atoms with van der Waals surface area (Å²) in [6, 6.07) is 0.743. The first-order chi connectivity index (χ1) is 5.72. The molecule has 2 saturated carbocycles. The van der Waals surface area contributed by atoms with Crippen molar-refractivity contribution in [3.8, 4) is 0 Å². The average Bonchev–Trinajstić information content (AvgIpc) is 2.66. The van der Waals surface area contributed by atoms with Crippen LogP contribution in [0, 0.1) is 5.41 Å². The van der Waals surface area contributed by atoms with Gasteiger partial charge in [-0.2, -0.15) is 0 Å². The second-order valence-electron chi connectivity index (χ2n) is 4.72. The van der Waals surface area contributed by atoms with Crippen LogP contribution in [0.2, 0.25) is 0 Å². The molecule has 0 atom stereocenters. The van der Waals surface area contributed by atoms with Gasteiger partial charge >= 0.3 is 0 Å². The molecule has 2 nitrogen and oxygen atoms in total. The lowest BCUT2D eigenvalue weighted by Crippen LogP contribution is -2.46. The van der Waals surface area contributed by atoms with E-state index in [2.05, 4.69) is 12.2 Å². The molecule has 0 aromatic heterocycles. The molecule has 0 amide bonds. The molecule has 12 heavy (non-hydrogen) atoms. The number of ether oxygens (including phenoxy) is 1. The third-order valence-corrected chi connectivity index (χ3v) is 3.35. The zero-order valence-corrected chi connectivity index (χ0v) is 8.10. The summed E-state index contributed by atoms with van der Waals surface area (Å²) in [5, 5.41) is 3.61. The molecule has 0 saturated heterocycles. The molecular formula is C10H19NO. The highest BCUT2D eigenvalue weighted by Crippen LogP contribution is 2.44. The molecule has 0 bridgehead atoms. The van der Waals surface area contributed by atoms with Crippen LogP contribution in [-0.4, -0.2) is 25.8 Å². The first kappa shape index (κ1) is 8.52. The summed E-state index contributed by atoms with van der Waals surface area (Å²) in [6.07, 6.45) is 5.80. The first-order valence-electron chi connectivity index (χ1n) is 4.98. The molecule has 2 fully saturated rings. The number of methoxy groups -OCH3 is 1. The molecule has 0 heterocycles. The zero-order valence-electron chi connectivity index (χ0n) is 8.10. The lowest BCUT2D eigenvalue weighted by Gasteiger charge is -2.35. The maximum atomic E-state index is 5.22. The second kappa shape index (κ2) is 3.00. The van der Waals surface area contributed by atoms with Crippen LogP contribution in [-0.2, 0) is 4.74 Å². The largest absolute Gasteiger partial charge is 0.381 e. The van der Waals surface area contributed by atoms with Crippen LogP contribution in [0.1, 0.15) is 32.6 Å². The van der Waals surface area contributed by atoms with Gasteiger partial charge in [0.05, 0.1) is 6.10 Å². The van der Waals surface area contributed by atoms with E-state index in [0.29, 0.717) is 11.5 Å². The van der Waals surface area contributed by atoms with Gasteiger partial charge in [-0.1, -0.05) is 6.92 Å². The van der Waals surface area contributed by atoms with Gasteiger partial charge in [0.2, 0.25) is 0 Å². The van der Waals surface area contributed by atoms with E-state index in [9.17, 15) is 0 Å². The minimum absolute atomic E-state index is 0.537. The molecule has 0 radical (unpaired) electrons. The minimum atomic E-state index is 0.537. The third-order valence-electron chi connectivity index (χ3n) is 3.35. The predicted octanol–water partition coefficient (Wildman–Crippen LogP) is 1.55. The molecule has 1 N–H and O–H groups in total.